The van der Waals surface area contributed by atoms with Crippen molar-refractivity contribution in [2.75, 3.05) is 6.61 Å². The monoisotopic (exact) mass is 218 g/mol. The minimum Gasteiger partial charge on any atom is -0.466 e. The van der Waals surface area contributed by atoms with Gasteiger partial charge in [0.2, 0.25) is 0 Å². The molecule has 0 bridgehead atoms. The highest BCUT2D eigenvalue weighted by Crippen LogP contribution is 2.01. The fourth-order valence-corrected chi connectivity index (χ4v) is 1.39. The Bertz CT molecular complexity index is 328. The predicted octanol–water partition coefficient (Wildman–Crippen LogP) is 3.13. The standard InChI is InChI=1S/C14H18O2/c1-2-16-14(15)12-8-4-7-11-13-9-5-3-6-10-13/h3-7,9-10H,2,8,11-12H2,1H3/b7-4+. The fourth-order valence-electron chi connectivity index (χ4n) is 1.39. The van der Waals surface area contributed by atoms with Crippen LogP contribution in [0.1, 0.15) is 25.3 Å². The lowest BCUT2D eigenvalue weighted by Gasteiger charge is -1.98. The van der Waals surface area contributed by atoms with Crippen LogP contribution >= 0.6 is 0 Å². The number of allylic oxidation sites excluding steroid dienone is 2. The molecule has 0 amide bonds. The number of hydrogen-bond acceptors (Lipinski definition) is 2. The Morgan fingerprint density at radius 3 is 2.69 bits per heavy atom. The molecule has 86 valence electrons. The summed E-state index contributed by atoms with van der Waals surface area (Å²) in [7, 11) is 0. The number of esters is 1. The molecule has 16 heavy (non-hydrogen) atoms. The number of benzene rings is 1. The van der Waals surface area contributed by atoms with Crippen molar-refractivity contribution in [3.05, 3.63) is 48.0 Å². The molecule has 0 saturated heterocycles. The zero-order chi connectivity index (χ0) is 11.6. The molecule has 1 aromatic rings. The molecule has 0 aliphatic heterocycles. The summed E-state index contributed by atoms with van der Waals surface area (Å²) in [6.45, 7) is 2.29. The first-order valence-electron chi connectivity index (χ1n) is 5.67. The number of rotatable bonds is 6. The second-order valence-corrected chi connectivity index (χ2v) is 3.50. The third-order valence-electron chi connectivity index (χ3n) is 2.18. The van der Waals surface area contributed by atoms with Gasteiger partial charge in [-0.3, -0.25) is 4.79 Å². The van der Waals surface area contributed by atoms with Crippen LogP contribution in [-0.4, -0.2) is 12.6 Å². The number of carbonyl (C=O) groups is 1. The van der Waals surface area contributed by atoms with E-state index >= 15 is 0 Å². The van der Waals surface area contributed by atoms with Gasteiger partial charge in [0.1, 0.15) is 0 Å². The summed E-state index contributed by atoms with van der Waals surface area (Å²) in [5.74, 6) is -0.119. The Hall–Kier alpha value is -1.57. The summed E-state index contributed by atoms with van der Waals surface area (Å²) < 4.78 is 4.83. The van der Waals surface area contributed by atoms with Crippen molar-refractivity contribution >= 4 is 5.97 Å². The second-order valence-electron chi connectivity index (χ2n) is 3.50. The lowest BCUT2D eigenvalue weighted by atomic mass is 10.1. The molecule has 0 fully saturated rings. The van der Waals surface area contributed by atoms with E-state index in [2.05, 4.69) is 18.2 Å². The van der Waals surface area contributed by atoms with Crippen LogP contribution in [-0.2, 0) is 16.0 Å². The van der Waals surface area contributed by atoms with E-state index in [4.69, 9.17) is 4.74 Å². The van der Waals surface area contributed by atoms with Crippen molar-refractivity contribution in [2.45, 2.75) is 26.2 Å². The van der Waals surface area contributed by atoms with E-state index in [-0.39, 0.29) is 5.97 Å². The fraction of sp³-hybridized carbons (Fsp3) is 0.357. The van der Waals surface area contributed by atoms with Crippen molar-refractivity contribution in [1.29, 1.82) is 0 Å². The molecule has 0 unspecified atom stereocenters. The van der Waals surface area contributed by atoms with Gasteiger partial charge in [-0.15, -0.1) is 0 Å². The average Bonchev–Trinajstić information content (AvgIpc) is 2.30. The van der Waals surface area contributed by atoms with Gasteiger partial charge >= 0.3 is 5.97 Å². The zero-order valence-electron chi connectivity index (χ0n) is 9.69. The first kappa shape index (κ1) is 12.5. The van der Waals surface area contributed by atoms with E-state index in [9.17, 15) is 4.79 Å². The van der Waals surface area contributed by atoms with Gasteiger partial charge in [-0.1, -0.05) is 42.5 Å². The summed E-state index contributed by atoms with van der Waals surface area (Å²) in [6, 6.07) is 10.3. The van der Waals surface area contributed by atoms with Crippen LogP contribution in [0.15, 0.2) is 42.5 Å². The van der Waals surface area contributed by atoms with Crippen molar-refractivity contribution in [3.8, 4) is 0 Å². The normalized spacial score (nSPS) is 10.6. The van der Waals surface area contributed by atoms with Gasteiger partial charge in [0.15, 0.2) is 0 Å². The maximum Gasteiger partial charge on any atom is 0.306 e. The van der Waals surface area contributed by atoms with E-state index in [1.165, 1.54) is 5.56 Å². The first-order chi connectivity index (χ1) is 7.83. The molecular weight excluding hydrogens is 200 g/mol. The maximum absolute atomic E-state index is 11.0. The van der Waals surface area contributed by atoms with Gasteiger partial charge in [0, 0.05) is 6.42 Å². The zero-order valence-corrected chi connectivity index (χ0v) is 9.69. The lowest BCUT2D eigenvalue weighted by molar-refractivity contribution is -0.142. The van der Waals surface area contributed by atoms with Crippen molar-refractivity contribution in [1.82, 2.24) is 0 Å². The minimum atomic E-state index is -0.119. The molecule has 0 aromatic heterocycles. The molecule has 2 heteroatoms. The van der Waals surface area contributed by atoms with Crippen molar-refractivity contribution < 1.29 is 9.53 Å². The highest BCUT2D eigenvalue weighted by molar-refractivity contribution is 5.69. The third kappa shape index (κ3) is 5.35. The molecule has 0 aliphatic rings. The van der Waals surface area contributed by atoms with Gasteiger partial charge in [-0.05, 0) is 25.3 Å². The second kappa shape index (κ2) is 7.69. The predicted molar refractivity (Wildman–Crippen MR) is 65.2 cm³/mol. The van der Waals surface area contributed by atoms with Gasteiger partial charge in [0.05, 0.1) is 6.61 Å². The Balaban J connectivity index is 2.16. The SMILES string of the molecule is CCOC(=O)CC/C=C/Cc1ccccc1. The topological polar surface area (TPSA) is 26.3 Å². The maximum atomic E-state index is 11.0. The van der Waals surface area contributed by atoms with Crippen LogP contribution in [0.25, 0.3) is 0 Å². The van der Waals surface area contributed by atoms with E-state index in [1.807, 2.05) is 31.2 Å². The summed E-state index contributed by atoms with van der Waals surface area (Å²) >= 11 is 0. The van der Waals surface area contributed by atoms with Crippen LogP contribution in [0, 0.1) is 0 Å². The minimum absolute atomic E-state index is 0.119. The van der Waals surface area contributed by atoms with Gasteiger partial charge in [0.25, 0.3) is 0 Å². The van der Waals surface area contributed by atoms with E-state index < -0.39 is 0 Å². The molecule has 0 heterocycles. The third-order valence-corrected chi connectivity index (χ3v) is 2.18. The average molecular weight is 218 g/mol. The van der Waals surface area contributed by atoms with E-state index in [0.717, 1.165) is 12.8 Å². The molecule has 2 nitrogen and oxygen atoms in total. The number of hydrogen-bond donors (Lipinski definition) is 0. The Morgan fingerprint density at radius 1 is 1.25 bits per heavy atom. The van der Waals surface area contributed by atoms with Crippen LogP contribution in [0.2, 0.25) is 0 Å². The van der Waals surface area contributed by atoms with Gasteiger partial charge < -0.3 is 4.74 Å². The van der Waals surface area contributed by atoms with Crippen LogP contribution < -0.4 is 0 Å². The molecule has 1 aromatic carbocycles. The molecule has 0 spiro atoms. The lowest BCUT2D eigenvalue weighted by Crippen LogP contribution is -2.02. The van der Waals surface area contributed by atoms with Crippen molar-refractivity contribution in [2.24, 2.45) is 0 Å². The highest BCUT2D eigenvalue weighted by atomic mass is 16.5. The van der Waals surface area contributed by atoms with Crippen LogP contribution in [0.5, 0.6) is 0 Å². The van der Waals surface area contributed by atoms with Crippen LogP contribution in [0.4, 0.5) is 0 Å². The van der Waals surface area contributed by atoms with Crippen molar-refractivity contribution in [3.63, 3.8) is 0 Å². The molecule has 0 aliphatic carbocycles. The molecule has 0 atom stereocenters. The molecule has 0 saturated carbocycles. The number of carbonyl (C=O) groups excluding carboxylic acids is 1. The Kier molecular flexibility index (Phi) is 6.00. The molecular formula is C14H18O2. The summed E-state index contributed by atoms with van der Waals surface area (Å²) in [6.07, 6.45) is 6.27. The quantitative estimate of drug-likeness (QED) is 0.541. The smallest absolute Gasteiger partial charge is 0.306 e. The largest absolute Gasteiger partial charge is 0.466 e. The number of ether oxygens (including phenoxy) is 1. The molecule has 0 radical (unpaired) electrons. The van der Waals surface area contributed by atoms with Gasteiger partial charge in [-0.25, -0.2) is 0 Å². The first-order valence-corrected chi connectivity index (χ1v) is 5.67. The highest BCUT2D eigenvalue weighted by Gasteiger charge is 1.97. The summed E-state index contributed by atoms with van der Waals surface area (Å²) in [5, 5.41) is 0. The van der Waals surface area contributed by atoms with E-state index in [0.29, 0.717) is 13.0 Å². The Morgan fingerprint density at radius 2 is 2.00 bits per heavy atom. The summed E-state index contributed by atoms with van der Waals surface area (Å²) in [4.78, 5) is 11.0. The molecule has 1 rings (SSSR count). The Labute approximate surface area is 96.9 Å². The van der Waals surface area contributed by atoms with E-state index in [1.54, 1.807) is 0 Å². The van der Waals surface area contributed by atoms with Crippen LogP contribution in [0.3, 0.4) is 0 Å². The molecule has 0 N–H and O–H groups in total. The summed E-state index contributed by atoms with van der Waals surface area (Å²) in [5.41, 5.74) is 1.29. The van der Waals surface area contributed by atoms with Gasteiger partial charge in [-0.2, -0.15) is 0 Å².